The van der Waals surface area contributed by atoms with Gasteiger partial charge in [-0.05, 0) is 29.0 Å². The van der Waals surface area contributed by atoms with Gasteiger partial charge in [0.05, 0.1) is 18.6 Å². The summed E-state index contributed by atoms with van der Waals surface area (Å²) in [5.74, 6) is -0.739. The quantitative estimate of drug-likeness (QED) is 0.584. The van der Waals surface area contributed by atoms with E-state index in [1.54, 1.807) is 6.08 Å². The number of nitrogens with one attached hydrogen (secondary N) is 1. The minimum absolute atomic E-state index is 0.0388. The second-order valence-corrected chi connectivity index (χ2v) is 9.59. The van der Waals surface area contributed by atoms with Crippen LogP contribution in [-0.4, -0.2) is 47.4 Å². The molecular formula is C28H31FN4O3. The van der Waals surface area contributed by atoms with Crippen LogP contribution in [0.2, 0.25) is 0 Å². The number of carbonyl (C=O) groups is 3. The fraction of sp³-hybridized carbons (Fsp3) is 0.393. The lowest BCUT2D eigenvalue weighted by Crippen LogP contribution is -2.47. The van der Waals surface area contributed by atoms with Crippen LogP contribution in [-0.2, 0) is 14.4 Å². The molecule has 1 N–H and O–H groups in total. The van der Waals surface area contributed by atoms with Crippen LogP contribution in [0.5, 0.6) is 0 Å². The first-order valence-electron chi connectivity index (χ1n) is 12.3. The number of halogens is 1. The standard InChI is InChI=1S/C28H31FN4O3/c1-18(2)19-8-10-21(11-9-19)27(20-6-4-3-5-7-20)30-28(36)24-16-22(29)17-33(24)26(35)15-13-23-12-14-25(34)32-31-23/h3-12,14,18,22-24,27H,13,15-17H2,1-2H3,(H,30,36)/t22-,23?,24+,27+/m1/s1. The van der Waals surface area contributed by atoms with E-state index in [0.29, 0.717) is 12.3 Å². The molecular weight excluding hydrogens is 459 g/mol. The Hall–Kier alpha value is -3.68. The lowest BCUT2D eigenvalue weighted by molar-refractivity contribution is -0.138. The van der Waals surface area contributed by atoms with E-state index in [-0.39, 0.29) is 37.2 Å². The van der Waals surface area contributed by atoms with Gasteiger partial charge in [-0.15, -0.1) is 5.11 Å². The highest BCUT2D eigenvalue weighted by molar-refractivity contribution is 5.89. The number of hydrogen-bond acceptors (Lipinski definition) is 4. The highest BCUT2D eigenvalue weighted by atomic mass is 19.1. The molecule has 8 heteroatoms. The molecule has 3 amide bonds. The number of alkyl halides is 1. The van der Waals surface area contributed by atoms with Gasteiger partial charge in [0, 0.05) is 18.9 Å². The van der Waals surface area contributed by atoms with E-state index in [2.05, 4.69) is 41.5 Å². The van der Waals surface area contributed by atoms with Crippen molar-refractivity contribution < 1.29 is 18.8 Å². The molecule has 2 heterocycles. The van der Waals surface area contributed by atoms with E-state index < -0.39 is 24.2 Å². The number of hydrogen-bond donors (Lipinski definition) is 1. The maximum absolute atomic E-state index is 14.4. The molecule has 0 bridgehead atoms. The molecule has 2 aromatic carbocycles. The van der Waals surface area contributed by atoms with Crippen LogP contribution in [0.1, 0.15) is 61.8 Å². The third-order valence-corrected chi connectivity index (χ3v) is 6.65. The largest absolute Gasteiger partial charge is 0.343 e. The van der Waals surface area contributed by atoms with Gasteiger partial charge < -0.3 is 10.2 Å². The minimum Gasteiger partial charge on any atom is -0.343 e. The van der Waals surface area contributed by atoms with E-state index in [9.17, 15) is 18.8 Å². The normalized spacial score (nSPS) is 22.2. The Morgan fingerprint density at radius 1 is 1.06 bits per heavy atom. The third kappa shape index (κ3) is 6.11. The second kappa shape index (κ2) is 11.4. The molecule has 2 aliphatic rings. The van der Waals surface area contributed by atoms with Crippen LogP contribution < -0.4 is 5.32 Å². The van der Waals surface area contributed by atoms with Gasteiger partial charge in [0.25, 0.3) is 5.91 Å². The zero-order chi connectivity index (χ0) is 25.7. The monoisotopic (exact) mass is 490 g/mol. The van der Waals surface area contributed by atoms with E-state index in [4.69, 9.17) is 0 Å². The summed E-state index contributed by atoms with van der Waals surface area (Å²) in [5, 5.41) is 10.4. The molecule has 0 aliphatic carbocycles. The molecule has 0 saturated carbocycles. The zero-order valence-corrected chi connectivity index (χ0v) is 20.5. The summed E-state index contributed by atoms with van der Waals surface area (Å²) in [4.78, 5) is 38.9. The number of amides is 3. The highest BCUT2D eigenvalue weighted by Crippen LogP contribution is 2.27. The summed E-state index contributed by atoms with van der Waals surface area (Å²) < 4.78 is 14.4. The molecule has 7 nitrogen and oxygen atoms in total. The van der Waals surface area contributed by atoms with Crippen molar-refractivity contribution in [1.29, 1.82) is 0 Å². The summed E-state index contributed by atoms with van der Waals surface area (Å²) >= 11 is 0. The number of rotatable bonds is 8. The first kappa shape index (κ1) is 25.4. The number of nitrogens with zero attached hydrogens (tertiary/aromatic N) is 3. The number of benzene rings is 2. The van der Waals surface area contributed by atoms with E-state index in [0.717, 1.165) is 11.1 Å². The first-order chi connectivity index (χ1) is 17.3. The summed E-state index contributed by atoms with van der Waals surface area (Å²) in [6.07, 6.45) is 2.04. The lowest BCUT2D eigenvalue weighted by Gasteiger charge is -2.27. The van der Waals surface area contributed by atoms with Crippen molar-refractivity contribution in [2.75, 3.05) is 6.54 Å². The average Bonchev–Trinajstić information content (AvgIpc) is 3.29. The van der Waals surface area contributed by atoms with Crippen LogP contribution in [0.3, 0.4) is 0 Å². The van der Waals surface area contributed by atoms with Gasteiger partial charge in [-0.25, -0.2) is 4.39 Å². The molecule has 2 aliphatic heterocycles. The Bertz CT molecular complexity index is 1130. The first-order valence-corrected chi connectivity index (χ1v) is 12.3. The summed E-state index contributed by atoms with van der Waals surface area (Å²) in [6.45, 7) is 4.13. The maximum Gasteiger partial charge on any atom is 0.287 e. The van der Waals surface area contributed by atoms with Crippen molar-refractivity contribution in [3.63, 3.8) is 0 Å². The fourth-order valence-corrected chi connectivity index (χ4v) is 4.59. The van der Waals surface area contributed by atoms with Crippen LogP contribution >= 0.6 is 0 Å². The molecule has 1 unspecified atom stereocenters. The Morgan fingerprint density at radius 2 is 1.72 bits per heavy atom. The molecule has 36 heavy (non-hydrogen) atoms. The molecule has 188 valence electrons. The Kier molecular flexibility index (Phi) is 8.03. The summed E-state index contributed by atoms with van der Waals surface area (Å²) in [6, 6.07) is 16.0. The number of carbonyl (C=O) groups excluding carboxylic acids is 3. The van der Waals surface area contributed by atoms with Crippen LogP contribution in [0, 0.1) is 0 Å². The molecule has 4 rings (SSSR count). The smallest absolute Gasteiger partial charge is 0.287 e. The molecule has 4 atom stereocenters. The van der Waals surface area contributed by atoms with Crippen molar-refractivity contribution in [3.05, 3.63) is 83.4 Å². The fourth-order valence-electron chi connectivity index (χ4n) is 4.59. The van der Waals surface area contributed by atoms with Crippen molar-refractivity contribution in [2.45, 2.75) is 63.3 Å². The van der Waals surface area contributed by atoms with Gasteiger partial charge in [0.2, 0.25) is 11.8 Å². The third-order valence-electron chi connectivity index (χ3n) is 6.65. The van der Waals surface area contributed by atoms with Crippen molar-refractivity contribution in [2.24, 2.45) is 10.2 Å². The average molecular weight is 491 g/mol. The van der Waals surface area contributed by atoms with Crippen molar-refractivity contribution >= 4 is 17.7 Å². The SMILES string of the molecule is CC(C)c1ccc([C@@H](NC(=O)[C@@H]2C[C@@H](F)CN2C(=O)CCC2C=CC(=O)N=N2)c2ccccc2)cc1. The number of azo groups is 1. The van der Waals surface area contributed by atoms with Crippen LogP contribution in [0.15, 0.2) is 77.0 Å². The molecule has 1 fully saturated rings. The predicted octanol–water partition coefficient (Wildman–Crippen LogP) is 4.65. The Labute approximate surface area is 210 Å². The maximum atomic E-state index is 14.4. The van der Waals surface area contributed by atoms with Gasteiger partial charge in [0.1, 0.15) is 12.2 Å². The van der Waals surface area contributed by atoms with Crippen molar-refractivity contribution in [1.82, 2.24) is 10.2 Å². The van der Waals surface area contributed by atoms with Crippen LogP contribution in [0.4, 0.5) is 4.39 Å². The molecule has 1 saturated heterocycles. The van der Waals surface area contributed by atoms with E-state index in [1.807, 2.05) is 42.5 Å². The molecule has 0 spiro atoms. The van der Waals surface area contributed by atoms with Crippen LogP contribution in [0.25, 0.3) is 0 Å². The topological polar surface area (TPSA) is 91.2 Å². The molecule has 2 aromatic rings. The second-order valence-electron chi connectivity index (χ2n) is 9.59. The lowest BCUT2D eigenvalue weighted by atomic mass is 9.95. The number of likely N-dealkylation sites (tertiary alicyclic amines) is 1. The van der Waals surface area contributed by atoms with Gasteiger partial charge in [0.15, 0.2) is 0 Å². The van der Waals surface area contributed by atoms with Gasteiger partial charge in [-0.1, -0.05) is 74.5 Å². The Balaban J connectivity index is 1.48. The van der Waals surface area contributed by atoms with Gasteiger partial charge in [-0.2, -0.15) is 5.11 Å². The highest BCUT2D eigenvalue weighted by Gasteiger charge is 2.40. The van der Waals surface area contributed by atoms with E-state index in [1.165, 1.54) is 16.5 Å². The Morgan fingerprint density at radius 3 is 2.36 bits per heavy atom. The zero-order valence-electron chi connectivity index (χ0n) is 20.5. The van der Waals surface area contributed by atoms with Gasteiger partial charge in [-0.3, -0.25) is 14.4 Å². The molecule has 0 aromatic heterocycles. The predicted molar refractivity (Wildman–Crippen MR) is 134 cm³/mol. The van der Waals surface area contributed by atoms with E-state index >= 15 is 0 Å². The van der Waals surface area contributed by atoms with Crippen molar-refractivity contribution in [3.8, 4) is 0 Å². The summed E-state index contributed by atoms with van der Waals surface area (Å²) in [7, 11) is 0. The van der Waals surface area contributed by atoms with Gasteiger partial charge >= 0.3 is 0 Å². The molecule has 0 radical (unpaired) electrons. The summed E-state index contributed by atoms with van der Waals surface area (Å²) in [5.41, 5.74) is 3.01. The minimum atomic E-state index is -1.27.